The number of rotatable bonds is 8. The quantitative estimate of drug-likeness (QED) is 0.575. The van der Waals surface area contributed by atoms with Crippen molar-refractivity contribution in [2.24, 2.45) is 0 Å². The Morgan fingerprint density at radius 2 is 1.74 bits per heavy atom. The summed E-state index contributed by atoms with van der Waals surface area (Å²) in [7, 11) is 0. The lowest BCUT2D eigenvalue weighted by Gasteiger charge is -2.09. The van der Waals surface area contributed by atoms with E-state index in [0.717, 1.165) is 5.56 Å². The van der Waals surface area contributed by atoms with Gasteiger partial charge in [0.2, 0.25) is 5.91 Å². The highest BCUT2D eigenvalue weighted by Gasteiger charge is 2.08. The molecule has 2 amide bonds. The Labute approximate surface area is 157 Å². The lowest BCUT2D eigenvalue weighted by molar-refractivity contribution is -0.115. The molecule has 0 aliphatic carbocycles. The highest BCUT2D eigenvalue weighted by atomic mass is 16.3. The molecule has 27 heavy (non-hydrogen) atoms. The number of benzene rings is 2. The summed E-state index contributed by atoms with van der Waals surface area (Å²) in [5, 5.41) is 8.66. The smallest absolute Gasteiger partial charge is 0.251 e. The molecule has 0 saturated carbocycles. The minimum Gasteiger partial charge on any atom is -0.467 e. The summed E-state index contributed by atoms with van der Waals surface area (Å²) in [6.45, 7) is 1.11. The van der Waals surface area contributed by atoms with Gasteiger partial charge in [0.05, 0.1) is 19.4 Å². The molecule has 3 N–H and O–H groups in total. The first-order valence-corrected chi connectivity index (χ1v) is 8.66. The van der Waals surface area contributed by atoms with Gasteiger partial charge in [-0.3, -0.25) is 9.59 Å². The van der Waals surface area contributed by atoms with Crippen LogP contribution in [0.4, 0.5) is 5.69 Å². The molecule has 6 heteroatoms. The van der Waals surface area contributed by atoms with Crippen LogP contribution in [0.1, 0.15) is 21.7 Å². The van der Waals surface area contributed by atoms with Gasteiger partial charge in [0.1, 0.15) is 5.76 Å². The van der Waals surface area contributed by atoms with Crippen LogP contribution >= 0.6 is 0 Å². The molecule has 3 rings (SSSR count). The van der Waals surface area contributed by atoms with E-state index < -0.39 is 0 Å². The number of nitrogens with one attached hydrogen (secondary N) is 3. The Hall–Kier alpha value is -3.38. The monoisotopic (exact) mass is 363 g/mol. The van der Waals surface area contributed by atoms with E-state index in [1.807, 2.05) is 30.3 Å². The predicted molar refractivity (Wildman–Crippen MR) is 103 cm³/mol. The van der Waals surface area contributed by atoms with Crippen molar-refractivity contribution >= 4 is 17.5 Å². The maximum atomic E-state index is 12.2. The van der Waals surface area contributed by atoms with Gasteiger partial charge in [-0.25, -0.2) is 0 Å². The van der Waals surface area contributed by atoms with Crippen molar-refractivity contribution < 1.29 is 14.0 Å². The van der Waals surface area contributed by atoms with E-state index in [1.54, 1.807) is 42.7 Å². The van der Waals surface area contributed by atoms with Crippen molar-refractivity contribution in [2.75, 3.05) is 11.9 Å². The first-order valence-electron chi connectivity index (χ1n) is 8.66. The van der Waals surface area contributed by atoms with E-state index >= 15 is 0 Å². The molecule has 0 saturated heterocycles. The fourth-order valence-electron chi connectivity index (χ4n) is 2.54. The number of amides is 2. The molecule has 0 bridgehead atoms. The third kappa shape index (κ3) is 5.83. The minimum absolute atomic E-state index is 0.168. The summed E-state index contributed by atoms with van der Waals surface area (Å²) >= 11 is 0. The van der Waals surface area contributed by atoms with Gasteiger partial charge in [0.15, 0.2) is 0 Å². The van der Waals surface area contributed by atoms with Crippen molar-refractivity contribution in [1.29, 1.82) is 0 Å². The summed E-state index contributed by atoms with van der Waals surface area (Å²) < 4.78 is 5.19. The number of furan rings is 1. The Balaban J connectivity index is 1.47. The lowest BCUT2D eigenvalue weighted by atomic mass is 10.2. The SMILES string of the molecule is O=C(CNCc1ccccc1)Nc1cccc(C(=O)NCc2ccco2)c1. The number of carbonyl (C=O) groups excluding carboxylic acids is 2. The fraction of sp³-hybridized carbons (Fsp3) is 0.143. The first kappa shape index (κ1) is 18.4. The van der Waals surface area contributed by atoms with Crippen LogP contribution in [0.3, 0.4) is 0 Å². The second-order valence-electron chi connectivity index (χ2n) is 5.98. The van der Waals surface area contributed by atoms with Gasteiger partial charge in [0.25, 0.3) is 5.91 Å². The minimum atomic E-state index is -0.232. The van der Waals surface area contributed by atoms with Crippen LogP contribution in [-0.2, 0) is 17.9 Å². The van der Waals surface area contributed by atoms with Crippen LogP contribution in [0.15, 0.2) is 77.4 Å². The number of carbonyl (C=O) groups is 2. The first-order chi connectivity index (χ1) is 13.2. The van der Waals surface area contributed by atoms with Crippen LogP contribution in [0, 0.1) is 0 Å². The fourth-order valence-corrected chi connectivity index (χ4v) is 2.54. The Kier molecular flexibility index (Phi) is 6.38. The molecule has 0 atom stereocenters. The Morgan fingerprint density at radius 1 is 0.889 bits per heavy atom. The number of hydrogen-bond donors (Lipinski definition) is 3. The summed E-state index contributed by atoms with van der Waals surface area (Å²) in [6, 6.07) is 20.2. The molecule has 3 aromatic rings. The molecule has 1 heterocycles. The van der Waals surface area contributed by atoms with Gasteiger partial charge in [-0.2, -0.15) is 0 Å². The van der Waals surface area contributed by atoms with Crippen molar-refractivity contribution in [1.82, 2.24) is 10.6 Å². The van der Waals surface area contributed by atoms with E-state index in [0.29, 0.717) is 30.1 Å². The zero-order valence-corrected chi connectivity index (χ0v) is 14.8. The summed E-state index contributed by atoms with van der Waals surface area (Å²) in [5.41, 5.74) is 2.16. The van der Waals surface area contributed by atoms with Gasteiger partial charge in [0, 0.05) is 17.8 Å². The van der Waals surface area contributed by atoms with Crippen molar-refractivity contribution in [2.45, 2.75) is 13.1 Å². The van der Waals surface area contributed by atoms with E-state index in [4.69, 9.17) is 4.42 Å². The third-order valence-corrected chi connectivity index (χ3v) is 3.87. The van der Waals surface area contributed by atoms with Crippen LogP contribution < -0.4 is 16.0 Å². The van der Waals surface area contributed by atoms with E-state index in [-0.39, 0.29) is 18.4 Å². The molecule has 2 aromatic carbocycles. The zero-order chi connectivity index (χ0) is 18.9. The molecule has 0 radical (unpaired) electrons. The molecular formula is C21H21N3O3. The number of hydrogen-bond acceptors (Lipinski definition) is 4. The molecule has 1 aromatic heterocycles. The summed E-state index contributed by atoms with van der Waals surface area (Å²) in [5.74, 6) is 0.279. The van der Waals surface area contributed by atoms with Gasteiger partial charge < -0.3 is 20.4 Å². The average molecular weight is 363 g/mol. The van der Waals surface area contributed by atoms with Crippen molar-refractivity contribution in [3.63, 3.8) is 0 Å². The highest BCUT2D eigenvalue weighted by Crippen LogP contribution is 2.11. The molecule has 0 aliphatic heterocycles. The second-order valence-corrected chi connectivity index (χ2v) is 5.98. The normalized spacial score (nSPS) is 10.4. The molecule has 0 fully saturated rings. The van der Waals surface area contributed by atoms with E-state index in [1.165, 1.54) is 0 Å². The molecule has 0 spiro atoms. The zero-order valence-electron chi connectivity index (χ0n) is 14.8. The van der Waals surface area contributed by atoms with Crippen molar-refractivity contribution in [3.05, 3.63) is 89.9 Å². The standard InChI is InChI=1S/C21H21N3O3/c25-20(15-22-13-16-6-2-1-3-7-16)24-18-9-4-8-17(12-18)21(26)23-14-19-10-5-11-27-19/h1-12,22H,13-15H2,(H,23,26)(H,24,25). The number of anilines is 1. The van der Waals surface area contributed by atoms with E-state index in [9.17, 15) is 9.59 Å². The van der Waals surface area contributed by atoms with Crippen LogP contribution in [-0.4, -0.2) is 18.4 Å². The van der Waals surface area contributed by atoms with E-state index in [2.05, 4.69) is 16.0 Å². The van der Waals surface area contributed by atoms with Crippen molar-refractivity contribution in [3.8, 4) is 0 Å². The lowest BCUT2D eigenvalue weighted by Crippen LogP contribution is -2.28. The van der Waals surface area contributed by atoms with Gasteiger partial charge in [-0.15, -0.1) is 0 Å². The summed E-state index contributed by atoms with van der Waals surface area (Å²) in [4.78, 5) is 24.3. The average Bonchev–Trinajstić information content (AvgIpc) is 3.21. The Morgan fingerprint density at radius 3 is 2.52 bits per heavy atom. The maximum Gasteiger partial charge on any atom is 0.251 e. The second kappa shape index (κ2) is 9.35. The largest absolute Gasteiger partial charge is 0.467 e. The Bertz CT molecular complexity index is 877. The topological polar surface area (TPSA) is 83.4 Å². The molecule has 0 aliphatic rings. The van der Waals surface area contributed by atoms with Gasteiger partial charge in [-0.05, 0) is 35.9 Å². The molecule has 6 nitrogen and oxygen atoms in total. The summed E-state index contributed by atoms with van der Waals surface area (Å²) in [6.07, 6.45) is 1.56. The van der Waals surface area contributed by atoms with Gasteiger partial charge >= 0.3 is 0 Å². The van der Waals surface area contributed by atoms with Crippen LogP contribution in [0.2, 0.25) is 0 Å². The third-order valence-electron chi connectivity index (χ3n) is 3.87. The molecule has 138 valence electrons. The predicted octanol–water partition coefficient (Wildman–Crippen LogP) is 2.94. The maximum absolute atomic E-state index is 12.2. The molecular weight excluding hydrogens is 342 g/mol. The molecule has 0 unspecified atom stereocenters. The highest BCUT2D eigenvalue weighted by molar-refractivity contribution is 5.97. The van der Waals surface area contributed by atoms with Gasteiger partial charge in [-0.1, -0.05) is 36.4 Å². The van der Waals surface area contributed by atoms with Crippen LogP contribution in [0.5, 0.6) is 0 Å². The van der Waals surface area contributed by atoms with Crippen LogP contribution in [0.25, 0.3) is 0 Å².